The van der Waals surface area contributed by atoms with Crippen LogP contribution in [0.4, 0.5) is 5.69 Å². The van der Waals surface area contributed by atoms with Crippen LogP contribution in [0.5, 0.6) is 5.75 Å². The Kier molecular flexibility index (Phi) is 6.91. The molecule has 0 spiro atoms. The van der Waals surface area contributed by atoms with Crippen LogP contribution in [0.1, 0.15) is 39.9 Å². The Morgan fingerprint density at radius 1 is 0.938 bits per heavy atom. The molecule has 4 heteroatoms. The third-order valence-electron chi connectivity index (χ3n) is 6.30. The van der Waals surface area contributed by atoms with Crippen LogP contribution in [0, 0.1) is 13.8 Å². The first kappa shape index (κ1) is 22.1. The van der Waals surface area contributed by atoms with Crippen molar-refractivity contribution in [2.24, 2.45) is 0 Å². The highest BCUT2D eigenvalue weighted by Gasteiger charge is 2.30. The molecule has 0 aliphatic carbocycles. The number of piperidine rings is 1. The van der Waals surface area contributed by atoms with Crippen molar-refractivity contribution in [1.29, 1.82) is 0 Å². The van der Waals surface area contributed by atoms with Crippen LogP contribution >= 0.6 is 0 Å². The molecule has 0 atom stereocenters. The van der Waals surface area contributed by atoms with Crippen molar-refractivity contribution >= 4 is 11.6 Å². The Hall–Kier alpha value is -3.11. The average molecular weight is 429 g/mol. The number of rotatable bonds is 6. The maximum atomic E-state index is 13.6. The van der Waals surface area contributed by atoms with Crippen LogP contribution in [-0.2, 0) is 6.54 Å². The van der Waals surface area contributed by atoms with E-state index in [1.165, 1.54) is 11.1 Å². The molecule has 0 unspecified atom stereocenters. The monoisotopic (exact) mass is 428 g/mol. The van der Waals surface area contributed by atoms with E-state index in [4.69, 9.17) is 4.74 Å². The highest BCUT2D eigenvalue weighted by Crippen LogP contribution is 2.28. The van der Waals surface area contributed by atoms with Gasteiger partial charge in [-0.2, -0.15) is 0 Å². The van der Waals surface area contributed by atoms with Gasteiger partial charge < -0.3 is 9.64 Å². The lowest BCUT2D eigenvalue weighted by atomic mass is 9.99. The topological polar surface area (TPSA) is 32.8 Å². The van der Waals surface area contributed by atoms with E-state index >= 15 is 0 Å². The fraction of sp³-hybridized carbons (Fsp3) is 0.321. The molecular weight excluding hydrogens is 396 g/mol. The molecule has 166 valence electrons. The molecule has 0 N–H and O–H groups in total. The molecule has 1 amide bonds. The van der Waals surface area contributed by atoms with Crippen molar-refractivity contribution in [3.63, 3.8) is 0 Å². The molecule has 1 heterocycles. The van der Waals surface area contributed by atoms with Crippen LogP contribution < -0.4 is 9.64 Å². The molecule has 1 saturated heterocycles. The number of para-hydroxylation sites is 1. The van der Waals surface area contributed by atoms with Gasteiger partial charge in [-0.15, -0.1) is 0 Å². The van der Waals surface area contributed by atoms with Crippen molar-refractivity contribution in [1.82, 2.24) is 4.90 Å². The normalized spacial score (nSPS) is 14.8. The number of carbonyl (C=O) groups is 1. The molecule has 3 aromatic carbocycles. The van der Waals surface area contributed by atoms with E-state index in [0.717, 1.165) is 55.0 Å². The molecule has 3 aromatic rings. The number of methoxy groups -OCH3 is 1. The second-order valence-corrected chi connectivity index (χ2v) is 8.70. The summed E-state index contributed by atoms with van der Waals surface area (Å²) < 4.78 is 5.52. The van der Waals surface area contributed by atoms with Gasteiger partial charge in [-0.25, -0.2) is 0 Å². The summed E-state index contributed by atoms with van der Waals surface area (Å²) in [5.74, 6) is 1.02. The average Bonchev–Trinajstić information content (AvgIpc) is 2.82. The zero-order valence-corrected chi connectivity index (χ0v) is 19.3. The van der Waals surface area contributed by atoms with E-state index < -0.39 is 0 Å². The molecule has 4 nitrogen and oxygen atoms in total. The van der Waals surface area contributed by atoms with Crippen LogP contribution in [0.15, 0.2) is 72.8 Å². The fourth-order valence-corrected chi connectivity index (χ4v) is 4.53. The molecule has 4 rings (SSSR count). The lowest BCUT2D eigenvalue weighted by molar-refractivity contribution is 0.0958. The zero-order valence-electron chi connectivity index (χ0n) is 19.3. The number of hydrogen-bond acceptors (Lipinski definition) is 3. The largest absolute Gasteiger partial charge is 0.496 e. The summed E-state index contributed by atoms with van der Waals surface area (Å²) in [6, 6.07) is 24.6. The third-order valence-corrected chi connectivity index (χ3v) is 6.30. The van der Waals surface area contributed by atoms with Crippen LogP contribution in [-0.4, -0.2) is 37.0 Å². The molecule has 32 heavy (non-hydrogen) atoms. The van der Waals surface area contributed by atoms with Gasteiger partial charge in [-0.1, -0.05) is 53.6 Å². The van der Waals surface area contributed by atoms with Gasteiger partial charge in [0.15, 0.2) is 0 Å². The predicted octanol–water partition coefficient (Wildman–Crippen LogP) is 5.62. The number of benzene rings is 3. The minimum absolute atomic E-state index is 0.0840. The van der Waals surface area contributed by atoms with Gasteiger partial charge in [0.2, 0.25) is 0 Å². The van der Waals surface area contributed by atoms with Gasteiger partial charge >= 0.3 is 0 Å². The Labute approximate surface area is 191 Å². The second kappa shape index (κ2) is 10.0. The Balaban J connectivity index is 1.52. The minimum Gasteiger partial charge on any atom is -0.496 e. The minimum atomic E-state index is 0.0840. The van der Waals surface area contributed by atoms with Gasteiger partial charge in [0.25, 0.3) is 5.91 Å². The Morgan fingerprint density at radius 2 is 1.66 bits per heavy atom. The van der Waals surface area contributed by atoms with E-state index in [1.807, 2.05) is 48.2 Å². The summed E-state index contributed by atoms with van der Waals surface area (Å²) in [6.07, 6.45) is 1.89. The predicted molar refractivity (Wildman–Crippen MR) is 130 cm³/mol. The number of hydrogen-bond donors (Lipinski definition) is 0. The van der Waals surface area contributed by atoms with Crippen molar-refractivity contribution in [3.05, 3.63) is 95.1 Å². The first-order valence-corrected chi connectivity index (χ1v) is 11.4. The van der Waals surface area contributed by atoms with Crippen molar-refractivity contribution < 1.29 is 9.53 Å². The Morgan fingerprint density at radius 3 is 2.34 bits per heavy atom. The molecule has 0 aromatic heterocycles. The molecular formula is C28H32N2O2. The van der Waals surface area contributed by atoms with E-state index in [0.29, 0.717) is 0 Å². The van der Waals surface area contributed by atoms with Crippen molar-refractivity contribution in [2.75, 3.05) is 25.1 Å². The number of amides is 1. The van der Waals surface area contributed by atoms with Crippen molar-refractivity contribution in [2.45, 2.75) is 39.3 Å². The lowest BCUT2D eigenvalue weighted by Crippen LogP contribution is -2.47. The molecule has 1 fully saturated rings. The van der Waals surface area contributed by atoms with Crippen LogP contribution in [0.3, 0.4) is 0 Å². The van der Waals surface area contributed by atoms with E-state index in [2.05, 4.69) is 48.2 Å². The van der Waals surface area contributed by atoms with Gasteiger partial charge in [0.05, 0.1) is 7.11 Å². The van der Waals surface area contributed by atoms with Gasteiger partial charge in [0.1, 0.15) is 5.75 Å². The summed E-state index contributed by atoms with van der Waals surface area (Å²) >= 11 is 0. The number of aryl methyl sites for hydroxylation is 2. The maximum absolute atomic E-state index is 13.6. The molecule has 0 bridgehead atoms. The van der Waals surface area contributed by atoms with Crippen molar-refractivity contribution in [3.8, 4) is 5.75 Å². The first-order valence-electron chi connectivity index (χ1n) is 11.4. The fourth-order valence-electron chi connectivity index (χ4n) is 4.53. The summed E-state index contributed by atoms with van der Waals surface area (Å²) in [5, 5.41) is 0. The van der Waals surface area contributed by atoms with E-state index in [9.17, 15) is 4.79 Å². The highest BCUT2D eigenvalue weighted by molar-refractivity contribution is 6.06. The summed E-state index contributed by atoms with van der Waals surface area (Å²) in [6.45, 7) is 6.88. The quantitative estimate of drug-likeness (QED) is 0.511. The smallest absolute Gasteiger partial charge is 0.258 e. The summed E-state index contributed by atoms with van der Waals surface area (Å²) in [5.41, 5.74) is 5.24. The molecule has 0 radical (unpaired) electrons. The SMILES string of the molecule is COc1ccccc1CN1CCC(N(C(=O)c2cccc(C)c2)c2ccc(C)cc2)CC1. The van der Waals surface area contributed by atoms with Gasteiger partial charge in [0, 0.05) is 42.5 Å². The highest BCUT2D eigenvalue weighted by atomic mass is 16.5. The van der Waals surface area contributed by atoms with Gasteiger partial charge in [-0.3, -0.25) is 9.69 Å². The molecule has 0 saturated carbocycles. The standard InChI is InChI=1S/C28H32N2O2/c1-21-11-13-25(14-12-21)30(28(31)23-9-6-7-22(2)19-23)26-15-17-29(18-16-26)20-24-8-4-5-10-27(24)32-3/h4-14,19,26H,15-18,20H2,1-3H3. The summed E-state index contributed by atoms with van der Waals surface area (Å²) in [4.78, 5) is 18.1. The number of nitrogens with zero attached hydrogens (tertiary/aromatic N) is 2. The van der Waals surface area contributed by atoms with Crippen LogP contribution in [0.2, 0.25) is 0 Å². The van der Waals surface area contributed by atoms with Gasteiger partial charge in [-0.05, 0) is 57.0 Å². The lowest BCUT2D eigenvalue weighted by Gasteiger charge is -2.39. The second-order valence-electron chi connectivity index (χ2n) is 8.70. The number of carbonyl (C=O) groups excluding carboxylic acids is 1. The molecule has 1 aliphatic rings. The summed E-state index contributed by atoms with van der Waals surface area (Å²) in [7, 11) is 1.72. The maximum Gasteiger partial charge on any atom is 0.258 e. The Bertz CT molecular complexity index is 1050. The number of likely N-dealkylation sites (tertiary alicyclic amines) is 1. The number of anilines is 1. The third kappa shape index (κ3) is 5.03. The van der Waals surface area contributed by atoms with Crippen LogP contribution in [0.25, 0.3) is 0 Å². The molecule has 1 aliphatic heterocycles. The number of ether oxygens (including phenoxy) is 1. The zero-order chi connectivity index (χ0) is 22.5. The first-order chi connectivity index (χ1) is 15.5. The van der Waals surface area contributed by atoms with E-state index in [-0.39, 0.29) is 11.9 Å². The van der Waals surface area contributed by atoms with E-state index in [1.54, 1.807) is 7.11 Å².